The molecule has 3 nitrogen and oxygen atoms in total. The van der Waals surface area contributed by atoms with E-state index >= 15 is 0 Å². The zero-order valence-corrected chi connectivity index (χ0v) is 10.3. The second-order valence-electron chi connectivity index (χ2n) is 4.01. The Balaban J connectivity index is 2.39. The summed E-state index contributed by atoms with van der Waals surface area (Å²) in [5.41, 5.74) is 0.323. The molecule has 0 radical (unpaired) electrons. The second kappa shape index (κ2) is 7.37. The van der Waals surface area contributed by atoms with Gasteiger partial charge >= 0.3 is 0 Å². The lowest BCUT2D eigenvalue weighted by Crippen LogP contribution is -2.34. The molecule has 0 amide bonds. The van der Waals surface area contributed by atoms with Gasteiger partial charge in [0, 0.05) is 24.8 Å². The molecule has 0 heterocycles. The van der Waals surface area contributed by atoms with Crippen LogP contribution in [0.3, 0.4) is 0 Å². The van der Waals surface area contributed by atoms with Crippen LogP contribution in [0, 0.1) is 5.82 Å². The van der Waals surface area contributed by atoms with E-state index in [-0.39, 0.29) is 11.9 Å². The van der Waals surface area contributed by atoms with Gasteiger partial charge in [-0.2, -0.15) is 0 Å². The van der Waals surface area contributed by atoms with Gasteiger partial charge in [-0.3, -0.25) is 0 Å². The van der Waals surface area contributed by atoms with E-state index in [1.54, 1.807) is 18.2 Å². The highest BCUT2D eigenvalue weighted by Crippen LogP contribution is 2.15. The number of nitrogens with one attached hydrogen (secondary N) is 1. The monoisotopic (exact) mass is 241 g/mol. The molecular formula is C13H20FNO2. The summed E-state index contributed by atoms with van der Waals surface area (Å²) in [6.07, 6.45) is -0.833. The minimum absolute atomic E-state index is 0.136. The van der Waals surface area contributed by atoms with Crippen LogP contribution in [-0.4, -0.2) is 30.9 Å². The maximum absolute atomic E-state index is 13.4. The van der Waals surface area contributed by atoms with E-state index in [2.05, 4.69) is 5.32 Å². The molecule has 1 aromatic carbocycles. The van der Waals surface area contributed by atoms with Gasteiger partial charge in [0.05, 0.1) is 12.7 Å². The van der Waals surface area contributed by atoms with Crippen LogP contribution in [0.2, 0.25) is 0 Å². The van der Waals surface area contributed by atoms with E-state index in [1.165, 1.54) is 6.07 Å². The molecule has 0 saturated carbocycles. The van der Waals surface area contributed by atoms with Crippen molar-refractivity contribution in [2.75, 3.05) is 19.8 Å². The van der Waals surface area contributed by atoms with Crippen molar-refractivity contribution in [3.05, 3.63) is 35.6 Å². The van der Waals surface area contributed by atoms with Crippen molar-refractivity contribution >= 4 is 0 Å². The van der Waals surface area contributed by atoms with Crippen LogP contribution in [-0.2, 0) is 4.74 Å². The first kappa shape index (κ1) is 14.1. The van der Waals surface area contributed by atoms with Crippen molar-refractivity contribution in [2.45, 2.75) is 26.0 Å². The largest absolute Gasteiger partial charge is 0.387 e. The van der Waals surface area contributed by atoms with Gasteiger partial charge in [0.2, 0.25) is 0 Å². The number of ether oxygens (including phenoxy) is 1. The maximum Gasteiger partial charge on any atom is 0.129 e. The van der Waals surface area contributed by atoms with E-state index < -0.39 is 6.10 Å². The van der Waals surface area contributed by atoms with E-state index in [0.717, 1.165) is 0 Å². The van der Waals surface area contributed by atoms with E-state index in [9.17, 15) is 9.50 Å². The number of hydrogen-bond acceptors (Lipinski definition) is 3. The lowest BCUT2D eigenvalue weighted by atomic mass is 10.1. The molecule has 0 aromatic heterocycles. The van der Waals surface area contributed by atoms with Crippen LogP contribution in [0.4, 0.5) is 4.39 Å². The topological polar surface area (TPSA) is 41.5 Å². The first-order chi connectivity index (χ1) is 8.15. The van der Waals surface area contributed by atoms with Gasteiger partial charge in [0.25, 0.3) is 0 Å². The lowest BCUT2D eigenvalue weighted by Gasteiger charge is -2.17. The highest BCUT2D eigenvalue weighted by Gasteiger charge is 2.12. The molecule has 17 heavy (non-hydrogen) atoms. The summed E-state index contributed by atoms with van der Waals surface area (Å²) < 4.78 is 18.6. The lowest BCUT2D eigenvalue weighted by molar-refractivity contribution is 0.115. The zero-order chi connectivity index (χ0) is 12.7. The Morgan fingerprint density at radius 2 is 2.12 bits per heavy atom. The van der Waals surface area contributed by atoms with Crippen molar-refractivity contribution in [2.24, 2.45) is 0 Å². The molecule has 0 fully saturated rings. The van der Waals surface area contributed by atoms with E-state index in [1.807, 2.05) is 13.8 Å². The molecule has 0 spiro atoms. The van der Waals surface area contributed by atoms with Crippen molar-refractivity contribution in [1.82, 2.24) is 5.32 Å². The standard InChI is InChI=1S/C13H20FNO2/c1-3-17-9-10(2)15-8-13(16)11-6-4-5-7-12(11)14/h4-7,10,13,15-16H,3,8-9H2,1-2H3. The quantitative estimate of drug-likeness (QED) is 0.765. The van der Waals surface area contributed by atoms with Crippen LogP contribution >= 0.6 is 0 Å². The van der Waals surface area contributed by atoms with E-state index in [0.29, 0.717) is 25.3 Å². The average molecular weight is 241 g/mol. The Kier molecular flexibility index (Phi) is 6.11. The summed E-state index contributed by atoms with van der Waals surface area (Å²) >= 11 is 0. The molecule has 4 heteroatoms. The third kappa shape index (κ3) is 4.81. The molecule has 0 aliphatic carbocycles. The van der Waals surface area contributed by atoms with E-state index in [4.69, 9.17) is 4.74 Å². The number of benzene rings is 1. The van der Waals surface area contributed by atoms with Crippen LogP contribution in [0.25, 0.3) is 0 Å². The molecule has 2 N–H and O–H groups in total. The highest BCUT2D eigenvalue weighted by atomic mass is 19.1. The molecule has 0 bridgehead atoms. The summed E-state index contributed by atoms with van der Waals surface area (Å²) in [4.78, 5) is 0. The van der Waals surface area contributed by atoms with Gasteiger partial charge < -0.3 is 15.2 Å². The Bertz CT molecular complexity index is 333. The summed E-state index contributed by atoms with van der Waals surface area (Å²) in [6.45, 7) is 5.46. The van der Waals surface area contributed by atoms with Gasteiger partial charge in [0.15, 0.2) is 0 Å². The minimum Gasteiger partial charge on any atom is -0.387 e. The maximum atomic E-state index is 13.4. The van der Waals surface area contributed by atoms with Gasteiger partial charge in [-0.05, 0) is 19.9 Å². The summed E-state index contributed by atoms with van der Waals surface area (Å²) in [5.74, 6) is -0.376. The fraction of sp³-hybridized carbons (Fsp3) is 0.538. The molecule has 2 atom stereocenters. The Labute approximate surface area is 102 Å². The zero-order valence-electron chi connectivity index (χ0n) is 10.3. The number of rotatable bonds is 7. The Morgan fingerprint density at radius 3 is 2.76 bits per heavy atom. The predicted molar refractivity (Wildman–Crippen MR) is 65.3 cm³/mol. The summed E-state index contributed by atoms with van der Waals surface area (Å²) in [6, 6.07) is 6.40. The summed E-state index contributed by atoms with van der Waals surface area (Å²) in [7, 11) is 0. The van der Waals surface area contributed by atoms with Crippen LogP contribution in [0.1, 0.15) is 25.5 Å². The van der Waals surface area contributed by atoms with Gasteiger partial charge in [-0.25, -0.2) is 4.39 Å². The number of hydrogen-bond donors (Lipinski definition) is 2. The van der Waals surface area contributed by atoms with Crippen molar-refractivity contribution in [3.8, 4) is 0 Å². The smallest absolute Gasteiger partial charge is 0.129 e. The molecular weight excluding hydrogens is 221 g/mol. The molecule has 2 unspecified atom stereocenters. The molecule has 0 aliphatic heterocycles. The average Bonchev–Trinajstić information content (AvgIpc) is 2.34. The first-order valence-electron chi connectivity index (χ1n) is 5.88. The summed E-state index contributed by atoms with van der Waals surface area (Å²) in [5, 5.41) is 12.9. The van der Waals surface area contributed by atoms with Crippen molar-refractivity contribution in [3.63, 3.8) is 0 Å². The van der Waals surface area contributed by atoms with Crippen molar-refractivity contribution in [1.29, 1.82) is 0 Å². The Morgan fingerprint density at radius 1 is 1.41 bits per heavy atom. The molecule has 1 aromatic rings. The number of aliphatic hydroxyl groups is 1. The fourth-order valence-corrected chi connectivity index (χ4v) is 1.52. The second-order valence-corrected chi connectivity index (χ2v) is 4.01. The van der Waals surface area contributed by atoms with Crippen LogP contribution in [0.5, 0.6) is 0 Å². The Hall–Kier alpha value is -0.970. The van der Waals surface area contributed by atoms with Crippen LogP contribution < -0.4 is 5.32 Å². The molecule has 0 saturated heterocycles. The van der Waals surface area contributed by atoms with Crippen LogP contribution in [0.15, 0.2) is 24.3 Å². The van der Waals surface area contributed by atoms with Crippen molar-refractivity contribution < 1.29 is 14.2 Å². The molecule has 1 rings (SSSR count). The SMILES string of the molecule is CCOCC(C)NCC(O)c1ccccc1F. The third-order valence-electron chi connectivity index (χ3n) is 2.50. The third-order valence-corrected chi connectivity index (χ3v) is 2.50. The molecule has 96 valence electrons. The number of aliphatic hydroxyl groups excluding tert-OH is 1. The normalized spacial score (nSPS) is 14.6. The number of halogens is 1. The first-order valence-corrected chi connectivity index (χ1v) is 5.88. The highest BCUT2D eigenvalue weighted by molar-refractivity contribution is 5.19. The van der Waals surface area contributed by atoms with Gasteiger partial charge in [-0.15, -0.1) is 0 Å². The predicted octanol–water partition coefficient (Wildman–Crippen LogP) is 1.87. The van der Waals surface area contributed by atoms with Gasteiger partial charge in [-0.1, -0.05) is 18.2 Å². The van der Waals surface area contributed by atoms with Gasteiger partial charge in [0.1, 0.15) is 5.82 Å². The minimum atomic E-state index is -0.833. The molecule has 0 aliphatic rings. The fourth-order valence-electron chi connectivity index (χ4n) is 1.52.